The molecule has 1 amide bonds. The van der Waals surface area contributed by atoms with E-state index in [2.05, 4.69) is 20.4 Å². The number of oxime groups is 1. The Morgan fingerprint density at radius 3 is 2.69 bits per heavy atom. The predicted molar refractivity (Wildman–Crippen MR) is 126 cm³/mol. The van der Waals surface area contributed by atoms with Crippen molar-refractivity contribution in [3.8, 4) is 5.75 Å². The molecule has 1 saturated heterocycles. The molecule has 2 aliphatic heterocycles. The van der Waals surface area contributed by atoms with Crippen LogP contribution in [0.25, 0.3) is 0 Å². The molecule has 11 nitrogen and oxygen atoms in total. The van der Waals surface area contributed by atoms with Gasteiger partial charge in [0, 0.05) is 19.2 Å². The van der Waals surface area contributed by atoms with E-state index in [4.69, 9.17) is 19.0 Å². The van der Waals surface area contributed by atoms with Gasteiger partial charge >= 0.3 is 0 Å². The zero-order valence-corrected chi connectivity index (χ0v) is 20.9. The molecular formula is C23H27FN4O7S. The third-order valence-corrected chi connectivity index (χ3v) is 6.60. The van der Waals surface area contributed by atoms with Crippen LogP contribution in [-0.4, -0.2) is 80.6 Å². The molecule has 4 rings (SSSR count). The third-order valence-electron chi connectivity index (χ3n) is 5.62. The maximum absolute atomic E-state index is 13.6. The molecule has 36 heavy (non-hydrogen) atoms. The second-order valence-electron chi connectivity index (χ2n) is 8.64. The van der Waals surface area contributed by atoms with Crippen molar-refractivity contribution in [2.45, 2.75) is 38.2 Å². The molecule has 3 heterocycles. The normalized spacial score (nSPS) is 22.0. The lowest BCUT2D eigenvalue weighted by molar-refractivity contribution is -0.165. The summed E-state index contributed by atoms with van der Waals surface area (Å²) < 4.78 is 52.9. The first kappa shape index (κ1) is 25.9. The predicted octanol–water partition coefficient (Wildman–Crippen LogP) is 1.18. The molecule has 2 aromatic rings. The van der Waals surface area contributed by atoms with Crippen LogP contribution >= 0.6 is 0 Å². The number of hydrogen-bond acceptors (Lipinski definition) is 10. The van der Waals surface area contributed by atoms with Crippen LogP contribution in [0.1, 0.15) is 34.0 Å². The molecular weight excluding hydrogens is 495 g/mol. The Labute approximate surface area is 207 Å². The molecule has 2 aliphatic rings. The van der Waals surface area contributed by atoms with E-state index >= 15 is 0 Å². The van der Waals surface area contributed by atoms with Crippen molar-refractivity contribution in [1.82, 2.24) is 15.3 Å². The smallest absolute Gasteiger partial charge is 0.270 e. The molecule has 1 fully saturated rings. The summed E-state index contributed by atoms with van der Waals surface area (Å²) in [7, 11) is -1.80. The van der Waals surface area contributed by atoms with Crippen molar-refractivity contribution >= 4 is 21.5 Å². The number of nitrogens with one attached hydrogen (secondary N) is 1. The van der Waals surface area contributed by atoms with Crippen molar-refractivity contribution in [2.24, 2.45) is 5.16 Å². The Hall–Kier alpha value is -3.16. The summed E-state index contributed by atoms with van der Waals surface area (Å²) in [5.41, 5.74) is 1.80. The topological polar surface area (TPSA) is 138 Å². The number of halogens is 1. The van der Waals surface area contributed by atoms with Gasteiger partial charge in [-0.3, -0.25) is 4.79 Å². The summed E-state index contributed by atoms with van der Waals surface area (Å²) in [6.45, 7) is 2.14. The molecule has 194 valence electrons. The maximum atomic E-state index is 13.6. The Balaban J connectivity index is 1.35. The number of methoxy groups -OCH3 is 1. The molecule has 0 radical (unpaired) electrons. The van der Waals surface area contributed by atoms with Crippen molar-refractivity contribution in [3.63, 3.8) is 0 Å². The van der Waals surface area contributed by atoms with Gasteiger partial charge in [0.25, 0.3) is 5.91 Å². The molecule has 1 aromatic heterocycles. The summed E-state index contributed by atoms with van der Waals surface area (Å²) in [5, 5.41) is 6.87. The van der Waals surface area contributed by atoms with Gasteiger partial charge in [-0.1, -0.05) is 11.2 Å². The van der Waals surface area contributed by atoms with Gasteiger partial charge in [-0.05, 0) is 30.7 Å². The minimum absolute atomic E-state index is 0.0916. The van der Waals surface area contributed by atoms with Crippen LogP contribution < -0.4 is 10.1 Å². The standard InChI is InChI=1S/C23H27FN4O7S/c1-13-26-17(7-19(27-13)23(29)25-9-14-4-5-16(24)20(6-14)32-2)18-8-21(35-28-18)22-11-33-15(10-34-22)12-36(3,30)31/h4-7,15,21-22H,8-12H2,1-3H3,(H,25,29)/t15-,21?,22+/m0/s1. The summed E-state index contributed by atoms with van der Waals surface area (Å²) in [6, 6.07) is 5.87. The zero-order valence-electron chi connectivity index (χ0n) is 20.1. The van der Waals surface area contributed by atoms with Gasteiger partial charge in [-0.2, -0.15) is 0 Å². The lowest BCUT2D eigenvalue weighted by Gasteiger charge is -2.31. The average molecular weight is 523 g/mol. The molecule has 1 aromatic carbocycles. The van der Waals surface area contributed by atoms with Gasteiger partial charge < -0.3 is 24.4 Å². The van der Waals surface area contributed by atoms with Gasteiger partial charge in [-0.15, -0.1) is 0 Å². The minimum atomic E-state index is -3.17. The number of carbonyl (C=O) groups excluding carboxylic acids is 1. The number of amides is 1. The highest BCUT2D eigenvalue weighted by molar-refractivity contribution is 7.90. The first-order chi connectivity index (χ1) is 17.1. The van der Waals surface area contributed by atoms with Crippen molar-refractivity contribution in [1.29, 1.82) is 0 Å². The lowest BCUT2D eigenvalue weighted by atomic mass is 10.0. The SMILES string of the molecule is COc1cc(CNC(=O)c2cc(C3=NOC([C@H]4CO[C@H](CS(C)(=O)=O)CO4)C3)nc(C)n2)ccc1F. The van der Waals surface area contributed by atoms with Crippen LogP contribution in [0.4, 0.5) is 4.39 Å². The second-order valence-corrected chi connectivity index (χ2v) is 10.8. The summed E-state index contributed by atoms with van der Waals surface area (Å²) in [6.07, 6.45) is 0.165. The molecule has 0 spiro atoms. The van der Waals surface area contributed by atoms with E-state index in [1.807, 2.05) is 0 Å². The number of benzene rings is 1. The molecule has 3 atom stereocenters. The fourth-order valence-electron chi connectivity index (χ4n) is 3.87. The van der Waals surface area contributed by atoms with E-state index in [9.17, 15) is 17.6 Å². The third kappa shape index (κ3) is 6.53. The number of nitrogens with zero attached hydrogens (tertiary/aromatic N) is 3. The molecule has 13 heteroatoms. The number of ether oxygens (including phenoxy) is 3. The fourth-order valence-corrected chi connectivity index (χ4v) is 4.74. The summed E-state index contributed by atoms with van der Waals surface area (Å²) in [5.74, 6) is -0.545. The van der Waals surface area contributed by atoms with Crippen LogP contribution in [0.5, 0.6) is 5.75 Å². The highest BCUT2D eigenvalue weighted by atomic mass is 32.2. The quantitative estimate of drug-likeness (QED) is 0.542. The number of rotatable bonds is 8. The first-order valence-corrected chi connectivity index (χ1v) is 13.3. The number of sulfone groups is 1. The van der Waals surface area contributed by atoms with E-state index < -0.39 is 39.9 Å². The van der Waals surface area contributed by atoms with Crippen LogP contribution in [0.3, 0.4) is 0 Å². The zero-order chi connectivity index (χ0) is 25.9. The van der Waals surface area contributed by atoms with E-state index in [1.54, 1.807) is 13.0 Å². The largest absolute Gasteiger partial charge is 0.494 e. The Morgan fingerprint density at radius 1 is 1.19 bits per heavy atom. The monoisotopic (exact) mass is 522 g/mol. The maximum Gasteiger partial charge on any atom is 0.270 e. The van der Waals surface area contributed by atoms with Gasteiger partial charge in [-0.25, -0.2) is 22.8 Å². The van der Waals surface area contributed by atoms with Gasteiger partial charge in [0.15, 0.2) is 17.7 Å². The van der Waals surface area contributed by atoms with Gasteiger partial charge in [0.1, 0.15) is 33.2 Å². The molecule has 1 N–H and O–H groups in total. The highest BCUT2D eigenvalue weighted by Gasteiger charge is 2.36. The number of carbonyl (C=O) groups is 1. The fraction of sp³-hybridized carbons (Fsp3) is 0.478. The number of hydrogen-bond donors (Lipinski definition) is 1. The Kier molecular flexibility index (Phi) is 7.81. The molecule has 0 bridgehead atoms. The minimum Gasteiger partial charge on any atom is -0.494 e. The highest BCUT2D eigenvalue weighted by Crippen LogP contribution is 2.24. The molecule has 0 saturated carbocycles. The van der Waals surface area contributed by atoms with E-state index in [0.717, 1.165) is 6.26 Å². The van der Waals surface area contributed by atoms with Gasteiger partial charge in [0.2, 0.25) is 0 Å². The first-order valence-electron chi connectivity index (χ1n) is 11.2. The second kappa shape index (κ2) is 10.8. The Morgan fingerprint density at radius 2 is 2.00 bits per heavy atom. The average Bonchev–Trinajstić information content (AvgIpc) is 3.33. The van der Waals surface area contributed by atoms with Crippen molar-refractivity contribution < 1.29 is 36.7 Å². The lowest BCUT2D eigenvalue weighted by Crippen LogP contribution is -2.44. The van der Waals surface area contributed by atoms with Crippen molar-refractivity contribution in [3.05, 3.63) is 52.9 Å². The van der Waals surface area contributed by atoms with E-state index in [1.165, 1.54) is 25.3 Å². The van der Waals surface area contributed by atoms with E-state index in [0.29, 0.717) is 29.2 Å². The number of aromatic nitrogens is 2. The number of aryl methyl sites for hydroxylation is 1. The van der Waals surface area contributed by atoms with Crippen LogP contribution in [0.2, 0.25) is 0 Å². The summed E-state index contributed by atoms with van der Waals surface area (Å²) >= 11 is 0. The van der Waals surface area contributed by atoms with E-state index in [-0.39, 0.29) is 37.0 Å². The van der Waals surface area contributed by atoms with Crippen LogP contribution in [0, 0.1) is 12.7 Å². The van der Waals surface area contributed by atoms with Crippen LogP contribution in [-0.2, 0) is 30.7 Å². The van der Waals surface area contributed by atoms with Crippen LogP contribution in [0.15, 0.2) is 29.4 Å². The van der Waals surface area contributed by atoms with Crippen molar-refractivity contribution in [2.75, 3.05) is 32.3 Å². The van der Waals surface area contributed by atoms with Gasteiger partial charge in [0.05, 0.1) is 37.9 Å². The Bertz CT molecular complexity index is 1260. The summed E-state index contributed by atoms with van der Waals surface area (Å²) in [4.78, 5) is 26.9. The molecule has 1 unspecified atom stereocenters. The molecule has 0 aliphatic carbocycles.